The zero-order valence-electron chi connectivity index (χ0n) is 21.1. The molecule has 11 heteroatoms. The Morgan fingerprint density at radius 1 is 0.878 bits per heavy atom. The lowest BCUT2D eigenvalue weighted by atomic mass is 9.56. The van der Waals surface area contributed by atoms with Gasteiger partial charge in [0.1, 0.15) is 11.6 Å². The molecule has 0 bridgehead atoms. The summed E-state index contributed by atoms with van der Waals surface area (Å²) >= 11 is 14.5. The monoisotopic (exact) mass is 594 g/mol. The van der Waals surface area contributed by atoms with Crippen LogP contribution in [0.5, 0.6) is 5.75 Å². The molecule has 3 aromatic rings. The summed E-state index contributed by atoms with van der Waals surface area (Å²) in [6, 6.07) is 15.1. The van der Waals surface area contributed by atoms with Gasteiger partial charge in [-0.15, -0.1) is 23.2 Å². The fraction of sp³-hybridized carbons (Fsp3) is 0.267. The van der Waals surface area contributed by atoms with Crippen molar-refractivity contribution in [1.82, 2.24) is 5.06 Å². The van der Waals surface area contributed by atoms with Crippen LogP contribution in [0.15, 0.2) is 72.3 Å². The van der Waals surface area contributed by atoms with Crippen molar-refractivity contribution in [2.75, 3.05) is 4.90 Å². The van der Waals surface area contributed by atoms with Gasteiger partial charge < -0.3 is 5.11 Å². The molecule has 0 radical (unpaired) electrons. The number of carbonyl (C=O) groups excluding carboxylic acids is 4. The lowest BCUT2D eigenvalue weighted by molar-refractivity contribution is -0.173. The molecule has 6 atom stereocenters. The van der Waals surface area contributed by atoms with Crippen molar-refractivity contribution in [3.63, 3.8) is 0 Å². The van der Waals surface area contributed by atoms with Crippen molar-refractivity contribution >= 4 is 63.3 Å². The molecule has 7 rings (SSSR count). The molecule has 208 valence electrons. The van der Waals surface area contributed by atoms with Gasteiger partial charge in [-0.2, -0.15) is 5.06 Å². The van der Waals surface area contributed by atoms with Crippen LogP contribution in [0, 0.1) is 23.6 Å². The van der Waals surface area contributed by atoms with Crippen LogP contribution in [0.3, 0.4) is 0 Å². The third-order valence-corrected chi connectivity index (χ3v) is 10.5. The number of anilines is 1. The molecule has 2 heterocycles. The normalized spacial score (nSPS) is 32.7. The minimum Gasteiger partial charge on any atom is -0.507 e. The Kier molecular flexibility index (Phi) is 5.49. The number of fused-ring (bicyclic) bond motifs is 5. The number of phenols is 1. The highest BCUT2D eigenvalue weighted by atomic mass is 35.5. The topological polar surface area (TPSA) is 115 Å². The van der Waals surface area contributed by atoms with Crippen LogP contribution in [0.25, 0.3) is 10.8 Å². The van der Waals surface area contributed by atoms with E-state index in [-0.39, 0.29) is 34.9 Å². The minimum atomic E-state index is -2.17. The summed E-state index contributed by atoms with van der Waals surface area (Å²) in [7, 11) is 0. The summed E-state index contributed by atoms with van der Waals surface area (Å²) < 4.78 is 13.7. The number of allylic oxidation sites excluding steroid dienone is 2. The number of imide groups is 2. The number of hydroxylamine groups is 2. The molecule has 0 aromatic heterocycles. The average molecular weight is 595 g/mol. The predicted molar refractivity (Wildman–Crippen MR) is 146 cm³/mol. The van der Waals surface area contributed by atoms with Gasteiger partial charge in [0.15, 0.2) is 9.75 Å². The van der Waals surface area contributed by atoms with Gasteiger partial charge in [-0.1, -0.05) is 48.0 Å². The van der Waals surface area contributed by atoms with E-state index in [1.165, 1.54) is 12.1 Å². The molecule has 2 N–H and O–H groups in total. The van der Waals surface area contributed by atoms with Crippen LogP contribution in [-0.2, 0) is 19.2 Å². The lowest BCUT2D eigenvalue weighted by Gasteiger charge is -2.50. The van der Waals surface area contributed by atoms with E-state index < -0.39 is 62.9 Å². The van der Waals surface area contributed by atoms with Crippen LogP contribution in [0.2, 0.25) is 0 Å². The zero-order chi connectivity index (χ0) is 29.0. The Hall–Kier alpha value is -3.79. The molecular weight excluding hydrogens is 574 g/mol. The van der Waals surface area contributed by atoms with Crippen molar-refractivity contribution in [1.29, 1.82) is 0 Å². The maximum Gasteiger partial charge on any atom is 0.258 e. The molecule has 4 aliphatic rings. The third-order valence-electron chi connectivity index (χ3n) is 9.12. The summed E-state index contributed by atoms with van der Waals surface area (Å²) in [5.41, 5.74) is 0.750. The van der Waals surface area contributed by atoms with Crippen molar-refractivity contribution < 1.29 is 33.9 Å². The number of alkyl halides is 2. The summed E-state index contributed by atoms with van der Waals surface area (Å²) in [6.45, 7) is 0. The van der Waals surface area contributed by atoms with Gasteiger partial charge in [0.05, 0.1) is 17.5 Å². The highest BCUT2D eigenvalue weighted by molar-refractivity contribution is 6.58. The highest BCUT2D eigenvalue weighted by Gasteiger charge is 2.77. The smallest absolute Gasteiger partial charge is 0.258 e. The van der Waals surface area contributed by atoms with Gasteiger partial charge in [0, 0.05) is 16.9 Å². The molecule has 0 spiro atoms. The van der Waals surface area contributed by atoms with E-state index in [9.17, 15) is 33.9 Å². The standard InChI is InChI=1S/C30H21Cl2FN2O6/c31-29-13-21-18(11-12-19-22(21)26(38)35(41)25(19)37)23(20-10-5-14-3-1-2-4-17(14)24(20)36)30(29,32)28(40)34(27(29)39)16-8-6-15(33)7-9-16/h1-11,19,21-23,36,41H,12-13H2/t19-,21+,22-,23+,29+,30-/m0/s1. The van der Waals surface area contributed by atoms with Crippen LogP contribution >= 0.6 is 23.2 Å². The van der Waals surface area contributed by atoms with E-state index in [0.717, 1.165) is 17.0 Å². The third kappa shape index (κ3) is 3.19. The first-order chi connectivity index (χ1) is 19.5. The molecule has 8 nitrogen and oxygen atoms in total. The fourth-order valence-corrected chi connectivity index (χ4v) is 8.16. The van der Waals surface area contributed by atoms with Crippen LogP contribution in [0.1, 0.15) is 24.3 Å². The Balaban J connectivity index is 1.48. The Morgan fingerprint density at radius 3 is 2.32 bits per heavy atom. The van der Waals surface area contributed by atoms with E-state index in [1.807, 2.05) is 0 Å². The number of benzene rings is 3. The minimum absolute atomic E-state index is 0.0563. The maximum absolute atomic E-state index is 14.3. The molecule has 4 amide bonds. The number of amides is 4. The molecule has 41 heavy (non-hydrogen) atoms. The average Bonchev–Trinajstić information content (AvgIpc) is 3.27. The van der Waals surface area contributed by atoms with Gasteiger partial charge in [-0.3, -0.25) is 24.4 Å². The van der Waals surface area contributed by atoms with Gasteiger partial charge >= 0.3 is 0 Å². The summed E-state index contributed by atoms with van der Waals surface area (Å²) in [5, 5.41) is 23.0. The van der Waals surface area contributed by atoms with Gasteiger partial charge in [-0.25, -0.2) is 9.29 Å². The van der Waals surface area contributed by atoms with Gasteiger partial charge in [0.25, 0.3) is 23.6 Å². The van der Waals surface area contributed by atoms with Crippen molar-refractivity contribution in [2.45, 2.75) is 28.5 Å². The second-order valence-electron chi connectivity index (χ2n) is 11.0. The van der Waals surface area contributed by atoms with Crippen molar-refractivity contribution in [2.24, 2.45) is 17.8 Å². The van der Waals surface area contributed by atoms with E-state index >= 15 is 0 Å². The predicted octanol–water partition coefficient (Wildman–Crippen LogP) is 4.64. The summed E-state index contributed by atoms with van der Waals surface area (Å²) in [6.07, 6.45) is 1.49. The van der Waals surface area contributed by atoms with E-state index in [1.54, 1.807) is 42.5 Å². The highest BCUT2D eigenvalue weighted by Crippen LogP contribution is 2.66. The molecule has 1 saturated carbocycles. The number of hydrogen-bond acceptors (Lipinski definition) is 6. The molecule has 2 saturated heterocycles. The first-order valence-electron chi connectivity index (χ1n) is 13.0. The number of aromatic hydroxyl groups is 1. The SMILES string of the molecule is O=C1[C@H]2[C@H](CC=C3[C@H]2C[C@@]2(Cl)C(=O)N(c4ccc(F)cc4)C(=O)[C@@]2(Cl)[C@H]3c2ccc3ccccc3c2O)C(=O)N1O. The van der Waals surface area contributed by atoms with E-state index in [2.05, 4.69) is 0 Å². The molecule has 3 aromatic carbocycles. The number of phenolic OH excluding ortho intramolecular Hbond substituents is 1. The number of hydrogen-bond donors (Lipinski definition) is 2. The zero-order valence-corrected chi connectivity index (χ0v) is 22.6. The number of carbonyl (C=O) groups is 4. The number of nitrogens with zero attached hydrogens (tertiary/aromatic N) is 2. The maximum atomic E-state index is 14.3. The molecule has 3 fully saturated rings. The largest absolute Gasteiger partial charge is 0.507 e. The summed E-state index contributed by atoms with van der Waals surface area (Å²) in [4.78, 5) is 50.8. The molecule has 2 aliphatic heterocycles. The van der Waals surface area contributed by atoms with Crippen molar-refractivity contribution in [3.8, 4) is 5.75 Å². The Bertz CT molecular complexity index is 1740. The first-order valence-corrected chi connectivity index (χ1v) is 13.8. The number of rotatable bonds is 2. The van der Waals surface area contributed by atoms with E-state index in [4.69, 9.17) is 23.2 Å². The Labute approximate surface area is 242 Å². The van der Waals surface area contributed by atoms with Crippen LogP contribution in [-0.4, -0.2) is 48.8 Å². The number of halogens is 3. The second kappa shape index (κ2) is 8.61. The molecular formula is C30H21Cl2FN2O6. The second-order valence-corrected chi connectivity index (χ2v) is 12.2. The fourth-order valence-electron chi connectivity index (χ4n) is 7.23. The van der Waals surface area contributed by atoms with Gasteiger partial charge in [-0.05, 0) is 48.4 Å². The van der Waals surface area contributed by atoms with E-state index in [0.29, 0.717) is 16.3 Å². The van der Waals surface area contributed by atoms with Crippen LogP contribution < -0.4 is 4.90 Å². The Morgan fingerprint density at radius 2 is 1.59 bits per heavy atom. The van der Waals surface area contributed by atoms with Crippen LogP contribution in [0.4, 0.5) is 10.1 Å². The molecule has 0 unspecified atom stereocenters. The van der Waals surface area contributed by atoms with Gasteiger partial charge in [0.2, 0.25) is 0 Å². The van der Waals surface area contributed by atoms with Crippen molar-refractivity contribution in [3.05, 3.63) is 83.7 Å². The quantitative estimate of drug-likeness (QED) is 0.193. The molecule has 2 aliphatic carbocycles. The lowest BCUT2D eigenvalue weighted by Crippen LogP contribution is -2.60. The summed E-state index contributed by atoms with van der Waals surface area (Å²) in [5.74, 6) is -8.03. The first kappa shape index (κ1) is 26.1.